The number of rotatable bonds is 2. The van der Waals surface area contributed by atoms with Crippen LogP contribution in [0.3, 0.4) is 0 Å². The molecule has 1 nitrogen and oxygen atoms in total. The number of benzene rings is 3. The van der Waals surface area contributed by atoms with E-state index in [9.17, 15) is 5.26 Å². The van der Waals surface area contributed by atoms with E-state index in [0.29, 0.717) is 5.57 Å². The fourth-order valence-electron chi connectivity index (χ4n) is 2.46. The lowest BCUT2D eigenvalue weighted by Gasteiger charge is -2.03. The van der Waals surface area contributed by atoms with Gasteiger partial charge in [-0.1, -0.05) is 66.2 Å². The predicted molar refractivity (Wildman–Crippen MR) is 88.6 cm³/mol. The largest absolute Gasteiger partial charge is 0.192 e. The van der Waals surface area contributed by atoms with Gasteiger partial charge in [0.2, 0.25) is 0 Å². The maximum Gasteiger partial charge on any atom is 0.0998 e. The summed E-state index contributed by atoms with van der Waals surface area (Å²) in [5, 5.41) is 11.8. The van der Waals surface area contributed by atoms with Gasteiger partial charge >= 0.3 is 0 Å². The highest BCUT2D eigenvalue weighted by Crippen LogP contribution is 2.23. The summed E-state index contributed by atoms with van der Waals surface area (Å²) in [5.74, 6) is 0. The molecule has 0 aliphatic heterocycles. The van der Waals surface area contributed by atoms with Crippen molar-refractivity contribution in [2.75, 3.05) is 0 Å². The third kappa shape index (κ3) is 2.85. The Bertz CT molecular complexity index is 866. The minimum absolute atomic E-state index is 0.686. The van der Waals surface area contributed by atoms with Crippen molar-refractivity contribution < 1.29 is 0 Å². The Hall–Kier alpha value is -2.85. The highest BCUT2D eigenvalue weighted by molar-refractivity contribution is 5.94. The van der Waals surface area contributed by atoms with Crippen molar-refractivity contribution in [3.8, 4) is 6.07 Å². The van der Waals surface area contributed by atoms with E-state index in [4.69, 9.17) is 0 Å². The van der Waals surface area contributed by atoms with Crippen molar-refractivity contribution in [1.29, 1.82) is 5.26 Å². The van der Waals surface area contributed by atoms with Crippen molar-refractivity contribution in [3.05, 3.63) is 83.4 Å². The second-order valence-corrected chi connectivity index (χ2v) is 5.15. The summed E-state index contributed by atoms with van der Waals surface area (Å²) in [6.45, 7) is 2.05. The normalized spacial score (nSPS) is 11.3. The van der Waals surface area contributed by atoms with E-state index in [1.54, 1.807) is 0 Å². The lowest BCUT2D eigenvalue weighted by atomic mass is 10.00. The van der Waals surface area contributed by atoms with Crippen molar-refractivity contribution in [2.45, 2.75) is 6.92 Å². The first kappa shape index (κ1) is 13.1. The molecule has 0 fully saturated rings. The molecule has 21 heavy (non-hydrogen) atoms. The number of aryl methyl sites for hydroxylation is 1. The minimum atomic E-state index is 0.686. The second kappa shape index (κ2) is 5.64. The summed E-state index contributed by atoms with van der Waals surface area (Å²) in [4.78, 5) is 0. The van der Waals surface area contributed by atoms with Crippen LogP contribution >= 0.6 is 0 Å². The van der Waals surface area contributed by atoms with Crippen LogP contribution in [0.4, 0.5) is 0 Å². The fraction of sp³-hybridized carbons (Fsp3) is 0.0500. The first-order chi connectivity index (χ1) is 10.3. The van der Waals surface area contributed by atoms with Gasteiger partial charge in [0.05, 0.1) is 11.6 Å². The molecule has 0 spiro atoms. The molecule has 100 valence electrons. The van der Waals surface area contributed by atoms with E-state index in [-0.39, 0.29) is 0 Å². The SMILES string of the molecule is Cc1cccc(/C=C(/C#N)c2ccc3ccccc3c2)c1. The van der Waals surface area contributed by atoms with Crippen LogP contribution in [0.1, 0.15) is 16.7 Å². The van der Waals surface area contributed by atoms with Gasteiger partial charge in [-0.25, -0.2) is 0 Å². The zero-order valence-corrected chi connectivity index (χ0v) is 11.9. The Balaban J connectivity index is 2.08. The van der Waals surface area contributed by atoms with E-state index in [2.05, 4.69) is 49.4 Å². The minimum Gasteiger partial charge on any atom is -0.192 e. The first-order valence-electron chi connectivity index (χ1n) is 6.94. The van der Waals surface area contributed by atoms with E-state index in [1.165, 1.54) is 10.9 Å². The predicted octanol–water partition coefficient (Wildman–Crippen LogP) is 5.21. The molecule has 0 radical (unpaired) electrons. The number of nitrogens with zero attached hydrogens (tertiary/aromatic N) is 1. The van der Waals surface area contributed by atoms with Gasteiger partial charge in [0, 0.05) is 0 Å². The standard InChI is InChI=1S/C20H15N/c1-15-5-4-6-16(11-15)12-20(14-21)19-10-9-17-7-2-3-8-18(17)13-19/h2-13H,1H3/b20-12-. The Morgan fingerprint density at radius 1 is 0.905 bits per heavy atom. The van der Waals surface area contributed by atoms with E-state index in [0.717, 1.165) is 16.5 Å². The van der Waals surface area contributed by atoms with Crippen molar-refractivity contribution in [3.63, 3.8) is 0 Å². The van der Waals surface area contributed by atoms with Crippen LogP contribution < -0.4 is 0 Å². The molecule has 0 N–H and O–H groups in total. The molecule has 0 bridgehead atoms. The van der Waals surface area contributed by atoms with Gasteiger partial charge in [0.25, 0.3) is 0 Å². The average molecular weight is 269 g/mol. The number of fused-ring (bicyclic) bond motifs is 1. The van der Waals surface area contributed by atoms with E-state index >= 15 is 0 Å². The number of hydrogen-bond donors (Lipinski definition) is 0. The van der Waals surface area contributed by atoms with E-state index in [1.807, 2.05) is 36.4 Å². The summed E-state index contributed by atoms with van der Waals surface area (Å²) < 4.78 is 0. The van der Waals surface area contributed by atoms with Crippen molar-refractivity contribution in [1.82, 2.24) is 0 Å². The fourth-order valence-corrected chi connectivity index (χ4v) is 2.46. The Morgan fingerprint density at radius 3 is 2.48 bits per heavy atom. The Morgan fingerprint density at radius 2 is 1.71 bits per heavy atom. The van der Waals surface area contributed by atoms with Crippen molar-refractivity contribution >= 4 is 22.4 Å². The van der Waals surface area contributed by atoms with Crippen LogP contribution in [0, 0.1) is 18.3 Å². The van der Waals surface area contributed by atoms with Gasteiger partial charge in [-0.05, 0) is 41.0 Å². The molecular formula is C20H15N. The lowest BCUT2D eigenvalue weighted by molar-refractivity contribution is 1.46. The number of nitriles is 1. The van der Waals surface area contributed by atoms with Crippen LogP contribution in [-0.2, 0) is 0 Å². The Kier molecular flexibility index (Phi) is 3.53. The topological polar surface area (TPSA) is 23.8 Å². The van der Waals surface area contributed by atoms with Gasteiger partial charge < -0.3 is 0 Å². The summed E-state index contributed by atoms with van der Waals surface area (Å²) in [6, 6.07) is 24.8. The van der Waals surface area contributed by atoms with Gasteiger partial charge in [-0.2, -0.15) is 5.26 Å². The highest BCUT2D eigenvalue weighted by Gasteiger charge is 2.02. The molecule has 0 heterocycles. The monoisotopic (exact) mass is 269 g/mol. The van der Waals surface area contributed by atoms with Crippen LogP contribution in [0.25, 0.3) is 22.4 Å². The van der Waals surface area contributed by atoms with Crippen LogP contribution in [0.15, 0.2) is 66.7 Å². The average Bonchev–Trinajstić information content (AvgIpc) is 2.52. The highest BCUT2D eigenvalue weighted by atomic mass is 14.2. The third-order valence-corrected chi connectivity index (χ3v) is 3.53. The third-order valence-electron chi connectivity index (χ3n) is 3.53. The molecule has 0 aromatic heterocycles. The van der Waals surface area contributed by atoms with E-state index < -0.39 is 0 Å². The van der Waals surface area contributed by atoms with Crippen LogP contribution in [0.5, 0.6) is 0 Å². The summed E-state index contributed by atoms with van der Waals surface area (Å²) in [7, 11) is 0. The smallest absolute Gasteiger partial charge is 0.0998 e. The Labute approximate surface area is 124 Å². The first-order valence-corrected chi connectivity index (χ1v) is 6.94. The zero-order valence-electron chi connectivity index (χ0n) is 11.9. The molecule has 0 aliphatic rings. The van der Waals surface area contributed by atoms with Gasteiger partial charge in [0.1, 0.15) is 0 Å². The van der Waals surface area contributed by atoms with Crippen LogP contribution in [-0.4, -0.2) is 0 Å². The maximum atomic E-state index is 9.46. The lowest BCUT2D eigenvalue weighted by Crippen LogP contribution is -1.83. The quantitative estimate of drug-likeness (QED) is 0.462. The zero-order chi connectivity index (χ0) is 14.7. The number of allylic oxidation sites excluding steroid dienone is 1. The molecule has 3 aromatic rings. The second-order valence-electron chi connectivity index (χ2n) is 5.15. The molecule has 0 atom stereocenters. The maximum absolute atomic E-state index is 9.46. The molecule has 0 unspecified atom stereocenters. The molecule has 0 aliphatic carbocycles. The van der Waals surface area contributed by atoms with Gasteiger partial charge in [-0.15, -0.1) is 0 Å². The number of hydrogen-bond acceptors (Lipinski definition) is 1. The molecule has 1 heteroatoms. The molecule has 0 saturated carbocycles. The molecule has 0 saturated heterocycles. The summed E-state index contributed by atoms with van der Waals surface area (Å²) in [6.07, 6.45) is 1.94. The van der Waals surface area contributed by atoms with Gasteiger partial charge in [-0.3, -0.25) is 0 Å². The molecular weight excluding hydrogens is 254 g/mol. The van der Waals surface area contributed by atoms with Crippen LogP contribution in [0.2, 0.25) is 0 Å². The summed E-state index contributed by atoms with van der Waals surface area (Å²) >= 11 is 0. The summed E-state index contributed by atoms with van der Waals surface area (Å²) in [5.41, 5.74) is 3.89. The van der Waals surface area contributed by atoms with Gasteiger partial charge in [0.15, 0.2) is 0 Å². The van der Waals surface area contributed by atoms with Crippen molar-refractivity contribution in [2.24, 2.45) is 0 Å². The molecule has 3 aromatic carbocycles. The molecule has 0 amide bonds. The molecule has 3 rings (SSSR count).